The van der Waals surface area contributed by atoms with E-state index < -0.39 is 17.6 Å². The number of rotatable bonds is 2. The molecule has 1 aromatic rings. The summed E-state index contributed by atoms with van der Waals surface area (Å²) in [6.45, 7) is 2.45. The Balaban J connectivity index is 1.48. The Labute approximate surface area is 149 Å². The van der Waals surface area contributed by atoms with E-state index >= 15 is 0 Å². The Kier molecular flexibility index (Phi) is 4.27. The number of likely N-dealkylation sites (tertiary alicyclic amines) is 1. The molecule has 4 rings (SSSR count). The normalized spacial score (nSPS) is 26.8. The van der Waals surface area contributed by atoms with E-state index in [1.54, 1.807) is 0 Å². The van der Waals surface area contributed by atoms with Crippen LogP contribution in [0, 0.1) is 5.82 Å². The van der Waals surface area contributed by atoms with Crippen LogP contribution in [-0.2, 0) is 19.1 Å². The van der Waals surface area contributed by atoms with Gasteiger partial charge in [0.2, 0.25) is 5.91 Å². The average molecular weight is 369 g/mol. The molecule has 0 radical (unpaired) electrons. The van der Waals surface area contributed by atoms with Gasteiger partial charge in [0.1, 0.15) is 5.82 Å². The monoisotopic (exact) mass is 368 g/mol. The van der Waals surface area contributed by atoms with Gasteiger partial charge in [-0.2, -0.15) is 0 Å². The molecule has 0 unspecified atom stereocenters. The largest absolute Gasteiger partial charge is 0.347 e. The molecule has 3 heterocycles. The van der Waals surface area contributed by atoms with Gasteiger partial charge < -0.3 is 9.47 Å². The standard InChI is InChI=1S/C17H18ClFN2O4/c18-12-9-11(1-2-13(12)19)21-15(22)10-14(16(21)23)20-5-3-17(4-6-20)24-7-8-25-17/h1-2,9,14H,3-8,10H2/t14-/m0/s1. The summed E-state index contributed by atoms with van der Waals surface area (Å²) in [6.07, 6.45) is 1.46. The van der Waals surface area contributed by atoms with E-state index in [0.717, 1.165) is 11.0 Å². The fourth-order valence-electron chi connectivity index (χ4n) is 3.76. The van der Waals surface area contributed by atoms with Gasteiger partial charge in [-0.15, -0.1) is 0 Å². The van der Waals surface area contributed by atoms with Crippen LogP contribution in [0.4, 0.5) is 10.1 Å². The molecule has 1 spiro atoms. The summed E-state index contributed by atoms with van der Waals surface area (Å²) < 4.78 is 24.7. The van der Waals surface area contributed by atoms with Crippen LogP contribution in [0.2, 0.25) is 5.02 Å². The quantitative estimate of drug-likeness (QED) is 0.747. The molecule has 8 heteroatoms. The zero-order valence-corrected chi connectivity index (χ0v) is 14.3. The maximum Gasteiger partial charge on any atom is 0.251 e. The molecule has 134 valence electrons. The highest BCUT2D eigenvalue weighted by molar-refractivity contribution is 6.31. The van der Waals surface area contributed by atoms with Crippen molar-refractivity contribution in [3.05, 3.63) is 29.0 Å². The number of imide groups is 1. The van der Waals surface area contributed by atoms with Crippen LogP contribution in [0.15, 0.2) is 18.2 Å². The van der Waals surface area contributed by atoms with E-state index in [1.165, 1.54) is 12.1 Å². The van der Waals surface area contributed by atoms with Crippen molar-refractivity contribution in [3.8, 4) is 0 Å². The summed E-state index contributed by atoms with van der Waals surface area (Å²) in [5, 5.41) is -0.114. The predicted molar refractivity (Wildman–Crippen MR) is 87.8 cm³/mol. The minimum Gasteiger partial charge on any atom is -0.347 e. The van der Waals surface area contributed by atoms with Crippen LogP contribution >= 0.6 is 11.6 Å². The van der Waals surface area contributed by atoms with E-state index in [9.17, 15) is 14.0 Å². The van der Waals surface area contributed by atoms with Gasteiger partial charge >= 0.3 is 0 Å². The second kappa shape index (κ2) is 6.32. The minimum atomic E-state index is -0.584. The van der Waals surface area contributed by atoms with Crippen molar-refractivity contribution >= 4 is 29.1 Å². The summed E-state index contributed by atoms with van der Waals surface area (Å²) in [6, 6.07) is 3.35. The molecule has 3 aliphatic heterocycles. The highest BCUT2D eigenvalue weighted by Crippen LogP contribution is 2.35. The molecule has 3 saturated heterocycles. The van der Waals surface area contributed by atoms with E-state index in [1.807, 2.05) is 4.90 Å². The number of hydrogen-bond acceptors (Lipinski definition) is 5. The molecule has 0 aliphatic carbocycles. The van der Waals surface area contributed by atoms with Crippen LogP contribution in [0.3, 0.4) is 0 Å². The second-order valence-corrected chi connectivity index (χ2v) is 6.94. The van der Waals surface area contributed by atoms with Crippen LogP contribution in [0.1, 0.15) is 19.3 Å². The van der Waals surface area contributed by atoms with E-state index in [4.69, 9.17) is 21.1 Å². The smallest absolute Gasteiger partial charge is 0.251 e. The summed E-state index contributed by atoms with van der Waals surface area (Å²) in [7, 11) is 0. The molecule has 2 amide bonds. The molecular weight excluding hydrogens is 351 g/mol. The number of benzene rings is 1. The summed E-state index contributed by atoms with van der Waals surface area (Å²) in [5.41, 5.74) is 0.305. The summed E-state index contributed by atoms with van der Waals surface area (Å²) in [4.78, 5) is 28.3. The number of halogens is 2. The lowest BCUT2D eigenvalue weighted by Crippen LogP contribution is -2.51. The first-order chi connectivity index (χ1) is 12.0. The lowest BCUT2D eigenvalue weighted by molar-refractivity contribution is -0.188. The third-order valence-electron chi connectivity index (χ3n) is 5.10. The average Bonchev–Trinajstić information content (AvgIpc) is 3.16. The van der Waals surface area contributed by atoms with Crippen molar-refractivity contribution in [2.24, 2.45) is 0 Å². The topological polar surface area (TPSA) is 59.1 Å². The highest BCUT2D eigenvalue weighted by Gasteiger charge is 2.47. The number of carbonyl (C=O) groups excluding carboxylic acids is 2. The first-order valence-electron chi connectivity index (χ1n) is 8.33. The van der Waals surface area contributed by atoms with Gasteiger partial charge in [-0.3, -0.25) is 14.5 Å². The maximum absolute atomic E-state index is 13.3. The number of hydrogen-bond donors (Lipinski definition) is 0. The van der Waals surface area contributed by atoms with Gasteiger partial charge in [0, 0.05) is 25.9 Å². The van der Waals surface area contributed by atoms with Crippen molar-refractivity contribution in [1.82, 2.24) is 4.90 Å². The predicted octanol–water partition coefficient (Wildman–Crippen LogP) is 1.95. The lowest BCUT2D eigenvalue weighted by Gasteiger charge is -2.39. The first kappa shape index (κ1) is 16.9. The Hall–Kier alpha value is -1.54. The van der Waals surface area contributed by atoms with Crippen LogP contribution in [-0.4, -0.2) is 54.8 Å². The maximum atomic E-state index is 13.3. The molecule has 0 aromatic heterocycles. The number of amides is 2. The molecule has 25 heavy (non-hydrogen) atoms. The van der Waals surface area contributed by atoms with Crippen molar-refractivity contribution in [1.29, 1.82) is 0 Å². The van der Waals surface area contributed by atoms with Crippen molar-refractivity contribution < 1.29 is 23.5 Å². The Morgan fingerprint density at radius 3 is 2.48 bits per heavy atom. The third kappa shape index (κ3) is 2.95. The van der Waals surface area contributed by atoms with E-state index in [0.29, 0.717) is 44.8 Å². The Morgan fingerprint density at radius 2 is 1.84 bits per heavy atom. The molecular formula is C17H18ClFN2O4. The van der Waals surface area contributed by atoms with Crippen LogP contribution < -0.4 is 4.90 Å². The zero-order valence-electron chi connectivity index (χ0n) is 13.5. The first-order valence-corrected chi connectivity index (χ1v) is 8.71. The number of anilines is 1. The number of nitrogens with zero attached hydrogens (tertiary/aromatic N) is 2. The summed E-state index contributed by atoms with van der Waals surface area (Å²) in [5.74, 6) is -1.70. The van der Waals surface area contributed by atoms with Gasteiger partial charge in [-0.1, -0.05) is 11.6 Å². The SMILES string of the molecule is O=C1C[C@H](N2CCC3(CC2)OCCO3)C(=O)N1c1ccc(F)c(Cl)c1. The number of piperidine rings is 1. The van der Waals surface area contributed by atoms with Gasteiger partial charge in [0.05, 0.1) is 36.4 Å². The molecule has 1 aromatic carbocycles. The molecule has 0 saturated carbocycles. The lowest BCUT2D eigenvalue weighted by atomic mass is 10.0. The Bertz CT molecular complexity index is 713. The van der Waals surface area contributed by atoms with Crippen LogP contribution in [0.25, 0.3) is 0 Å². The van der Waals surface area contributed by atoms with Gasteiger partial charge in [0.15, 0.2) is 5.79 Å². The molecule has 0 N–H and O–H groups in total. The summed E-state index contributed by atoms with van der Waals surface area (Å²) >= 11 is 5.78. The molecule has 3 aliphatic rings. The number of carbonyl (C=O) groups is 2. The molecule has 3 fully saturated rings. The second-order valence-electron chi connectivity index (χ2n) is 6.53. The fraction of sp³-hybridized carbons (Fsp3) is 0.529. The molecule has 6 nitrogen and oxygen atoms in total. The van der Waals surface area contributed by atoms with Gasteiger partial charge in [-0.25, -0.2) is 9.29 Å². The van der Waals surface area contributed by atoms with Gasteiger partial charge in [-0.05, 0) is 18.2 Å². The fourth-order valence-corrected chi connectivity index (χ4v) is 3.93. The highest BCUT2D eigenvalue weighted by atomic mass is 35.5. The van der Waals surface area contributed by atoms with Gasteiger partial charge in [0.25, 0.3) is 5.91 Å². The van der Waals surface area contributed by atoms with E-state index in [-0.39, 0.29) is 23.3 Å². The zero-order chi connectivity index (χ0) is 17.6. The van der Waals surface area contributed by atoms with E-state index in [2.05, 4.69) is 0 Å². The van der Waals surface area contributed by atoms with Crippen molar-refractivity contribution in [2.45, 2.75) is 31.1 Å². The minimum absolute atomic E-state index is 0.114. The third-order valence-corrected chi connectivity index (χ3v) is 5.39. The molecule has 1 atom stereocenters. The van der Waals surface area contributed by atoms with Crippen molar-refractivity contribution in [2.75, 3.05) is 31.2 Å². The number of ether oxygens (including phenoxy) is 2. The van der Waals surface area contributed by atoms with Crippen molar-refractivity contribution in [3.63, 3.8) is 0 Å². The Morgan fingerprint density at radius 1 is 1.16 bits per heavy atom. The molecule has 0 bridgehead atoms. The van der Waals surface area contributed by atoms with Crippen LogP contribution in [0.5, 0.6) is 0 Å².